The standard InChI is InChI=1S/C31H35ClN4O4S/c1-23-7-11-27(12-8-23)33-31(38)35-19-20-36(41(39,40)28-13-9-26(32)10-14-28)29(22-35)30(37)34-17-15-25(16-18-34)21-24-5-3-2-4-6-24/h2-14,25,29H,15-22H2,1H3,(H,33,38). The number of piperidine rings is 1. The Morgan fingerprint density at radius 3 is 2.17 bits per heavy atom. The molecule has 0 bridgehead atoms. The van der Waals surface area contributed by atoms with Gasteiger partial charge in [-0.2, -0.15) is 4.31 Å². The summed E-state index contributed by atoms with van der Waals surface area (Å²) in [6.45, 7) is 3.20. The van der Waals surface area contributed by atoms with Gasteiger partial charge >= 0.3 is 6.03 Å². The number of amides is 3. The predicted octanol–water partition coefficient (Wildman–Crippen LogP) is 5.04. The van der Waals surface area contributed by atoms with Gasteiger partial charge in [-0.25, -0.2) is 13.2 Å². The van der Waals surface area contributed by atoms with Crippen LogP contribution < -0.4 is 5.32 Å². The van der Waals surface area contributed by atoms with Crippen molar-refractivity contribution in [2.45, 2.75) is 37.1 Å². The Morgan fingerprint density at radius 1 is 0.854 bits per heavy atom. The molecule has 10 heteroatoms. The van der Waals surface area contributed by atoms with Gasteiger partial charge in [0.15, 0.2) is 0 Å². The summed E-state index contributed by atoms with van der Waals surface area (Å²) < 4.78 is 28.7. The van der Waals surface area contributed by atoms with Crippen LogP contribution in [-0.4, -0.2) is 73.2 Å². The van der Waals surface area contributed by atoms with Crippen LogP contribution in [0.5, 0.6) is 0 Å². The van der Waals surface area contributed by atoms with Crippen LogP contribution in [0.15, 0.2) is 83.8 Å². The highest BCUT2D eigenvalue weighted by Gasteiger charge is 2.43. The van der Waals surface area contributed by atoms with E-state index in [0.717, 1.165) is 24.8 Å². The van der Waals surface area contributed by atoms with E-state index in [1.54, 1.807) is 4.90 Å². The van der Waals surface area contributed by atoms with Crippen LogP contribution in [0, 0.1) is 12.8 Å². The van der Waals surface area contributed by atoms with Crippen molar-refractivity contribution in [3.05, 3.63) is 95.0 Å². The number of piperazine rings is 1. The van der Waals surface area contributed by atoms with Gasteiger partial charge < -0.3 is 15.1 Å². The molecule has 0 saturated carbocycles. The Balaban J connectivity index is 1.33. The first kappa shape index (κ1) is 29.1. The molecule has 2 aliphatic rings. The van der Waals surface area contributed by atoms with Crippen molar-refractivity contribution in [2.75, 3.05) is 38.0 Å². The van der Waals surface area contributed by atoms with Crippen LogP contribution >= 0.6 is 11.6 Å². The van der Waals surface area contributed by atoms with Crippen molar-refractivity contribution in [1.82, 2.24) is 14.1 Å². The maximum Gasteiger partial charge on any atom is 0.321 e. The Kier molecular flexibility index (Phi) is 8.97. The smallest absolute Gasteiger partial charge is 0.321 e. The third-order valence-electron chi connectivity index (χ3n) is 7.92. The summed E-state index contributed by atoms with van der Waals surface area (Å²) in [6, 6.07) is 22.3. The molecule has 2 saturated heterocycles. The van der Waals surface area contributed by atoms with Gasteiger partial charge in [0.05, 0.1) is 4.90 Å². The largest absolute Gasteiger partial charge is 0.341 e. The zero-order valence-electron chi connectivity index (χ0n) is 23.1. The summed E-state index contributed by atoms with van der Waals surface area (Å²) >= 11 is 6.00. The van der Waals surface area contributed by atoms with Crippen molar-refractivity contribution in [3.63, 3.8) is 0 Å². The molecule has 3 amide bonds. The molecule has 0 radical (unpaired) electrons. The van der Waals surface area contributed by atoms with Crippen LogP contribution in [0.1, 0.15) is 24.0 Å². The van der Waals surface area contributed by atoms with Crippen molar-refractivity contribution < 1.29 is 18.0 Å². The summed E-state index contributed by atoms with van der Waals surface area (Å²) in [5, 5.41) is 3.30. The summed E-state index contributed by atoms with van der Waals surface area (Å²) in [6.07, 6.45) is 2.64. The molecule has 41 heavy (non-hydrogen) atoms. The fraction of sp³-hybridized carbons (Fsp3) is 0.355. The lowest BCUT2D eigenvalue weighted by atomic mass is 9.90. The molecule has 2 fully saturated rings. The van der Waals surface area contributed by atoms with Gasteiger partial charge in [0.2, 0.25) is 15.9 Å². The van der Waals surface area contributed by atoms with Gasteiger partial charge in [-0.1, -0.05) is 59.6 Å². The maximum absolute atomic E-state index is 14.0. The number of rotatable bonds is 6. The first-order chi connectivity index (χ1) is 19.7. The van der Waals surface area contributed by atoms with Gasteiger partial charge in [0, 0.05) is 43.4 Å². The molecule has 216 valence electrons. The number of carbonyl (C=O) groups is 2. The van der Waals surface area contributed by atoms with E-state index >= 15 is 0 Å². The van der Waals surface area contributed by atoms with E-state index in [-0.39, 0.29) is 36.5 Å². The van der Waals surface area contributed by atoms with Gasteiger partial charge in [-0.15, -0.1) is 0 Å². The van der Waals surface area contributed by atoms with E-state index in [9.17, 15) is 18.0 Å². The zero-order chi connectivity index (χ0) is 29.0. The second-order valence-electron chi connectivity index (χ2n) is 10.8. The van der Waals surface area contributed by atoms with Gasteiger partial charge in [-0.05, 0) is 74.1 Å². The molecule has 2 aliphatic heterocycles. The zero-order valence-corrected chi connectivity index (χ0v) is 24.7. The predicted molar refractivity (Wildman–Crippen MR) is 160 cm³/mol. The summed E-state index contributed by atoms with van der Waals surface area (Å²) in [5.41, 5.74) is 2.99. The second-order valence-corrected chi connectivity index (χ2v) is 13.1. The van der Waals surface area contributed by atoms with Gasteiger partial charge in [0.1, 0.15) is 6.04 Å². The molecule has 1 atom stereocenters. The number of nitrogens with zero attached hydrogens (tertiary/aromatic N) is 3. The Bertz CT molecular complexity index is 1460. The van der Waals surface area contributed by atoms with Crippen molar-refractivity contribution in [2.24, 2.45) is 5.92 Å². The van der Waals surface area contributed by atoms with Crippen molar-refractivity contribution >= 4 is 39.2 Å². The topological polar surface area (TPSA) is 90.0 Å². The fourth-order valence-corrected chi connectivity index (χ4v) is 7.23. The van der Waals surface area contributed by atoms with Gasteiger partial charge in [0.25, 0.3) is 0 Å². The highest BCUT2D eigenvalue weighted by Crippen LogP contribution is 2.27. The third kappa shape index (κ3) is 6.92. The average Bonchev–Trinajstić information content (AvgIpc) is 2.99. The monoisotopic (exact) mass is 594 g/mol. The van der Waals surface area contributed by atoms with E-state index in [0.29, 0.717) is 29.7 Å². The number of halogens is 1. The minimum absolute atomic E-state index is 0.00710. The highest BCUT2D eigenvalue weighted by molar-refractivity contribution is 7.89. The first-order valence-electron chi connectivity index (χ1n) is 13.9. The van der Waals surface area contributed by atoms with Crippen LogP contribution in [-0.2, 0) is 21.2 Å². The third-order valence-corrected chi connectivity index (χ3v) is 10.1. The molecule has 0 spiro atoms. The van der Waals surface area contributed by atoms with E-state index in [4.69, 9.17) is 11.6 Å². The van der Waals surface area contributed by atoms with E-state index in [1.165, 1.54) is 39.0 Å². The molecular weight excluding hydrogens is 560 g/mol. The quantitative estimate of drug-likeness (QED) is 0.433. The molecule has 1 N–H and O–H groups in total. The van der Waals surface area contributed by atoms with Gasteiger partial charge in [-0.3, -0.25) is 4.79 Å². The Morgan fingerprint density at radius 2 is 1.51 bits per heavy atom. The number of hydrogen-bond acceptors (Lipinski definition) is 4. The average molecular weight is 595 g/mol. The van der Waals surface area contributed by atoms with Crippen LogP contribution in [0.2, 0.25) is 5.02 Å². The molecule has 1 unspecified atom stereocenters. The van der Waals surface area contributed by atoms with Crippen LogP contribution in [0.4, 0.5) is 10.5 Å². The summed E-state index contributed by atoms with van der Waals surface area (Å²) in [5.74, 6) is 0.187. The summed E-state index contributed by atoms with van der Waals surface area (Å²) in [7, 11) is -4.01. The maximum atomic E-state index is 14.0. The number of aryl methyl sites for hydroxylation is 1. The van der Waals surface area contributed by atoms with Crippen molar-refractivity contribution in [3.8, 4) is 0 Å². The minimum atomic E-state index is -4.01. The molecule has 8 nitrogen and oxygen atoms in total. The number of anilines is 1. The number of sulfonamides is 1. The summed E-state index contributed by atoms with van der Waals surface area (Å²) in [4.78, 5) is 30.5. The molecule has 3 aromatic rings. The number of nitrogens with one attached hydrogen (secondary N) is 1. The Labute approximate surface area is 246 Å². The number of benzene rings is 3. The number of carbonyl (C=O) groups excluding carboxylic acids is 2. The minimum Gasteiger partial charge on any atom is -0.341 e. The lowest BCUT2D eigenvalue weighted by molar-refractivity contribution is -0.138. The van der Waals surface area contributed by atoms with Crippen molar-refractivity contribution in [1.29, 1.82) is 0 Å². The number of likely N-dealkylation sites (tertiary alicyclic amines) is 1. The fourth-order valence-electron chi connectivity index (χ4n) is 5.54. The molecule has 2 heterocycles. The SMILES string of the molecule is Cc1ccc(NC(=O)N2CCN(S(=O)(=O)c3ccc(Cl)cc3)C(C(=O)N3CCC(Cc4ccccc4)CC3)C2)cc1. The number of hydrogen-bond donors (Lipinski definition) is 1. The van der Waals surface area contributed by atoms with Crippen LogP contribution in [0.25, 0.3) is 0 Å². The van der Waals surface area contributed by atoms with E-state index < -0.39 is 16.1 Å². The van der Waals surface area contributed by atoms with Crippen LogP contribution in [0.3, 0.4) is 0 Å². The lowest BCUT2D eigenvalue weighted by Gasteiger charge is -2.42. The Hall–Kier alpha value is -3.40. The second kappa shape index (κ2) is 12.6. The first-order valence-corrected chi connectivity index (χ1v) is 15.8. The van der Waals surface area contributed by atoms with E-state index in [1.807, 2.05) is 49.4 Å². The highest BCUT2D eigenvalue weighted by atomic mass is 35.5. The van der Waals surface area contributed by atoms with E-state index in [2.05, 4.69) is 17.4 Å². The molecule has 3 aromatic carbocycles. The molecule has 0 aromatic heterocycles. The normalized spacial score (nSPS) is 18.7. The molecular formula is C31H35ClN4O4S. The lowest BCUT2D eigenvalue weighted by Crippen LogP contribution is -2.62. The number of urea groups is 1. The molecule has 5 rings (SSSR count). The molecule has 0 aliphatic carbocycles.